The van der Waals surface area contributed by atoms with E-state index in [0.29, 0.717) is 10.1 Å². The van der Waals surface area contributed by atoms with Gasteiger partial charge in [-0.3, -0.25) is 0 Å². The van der Waals surface area contributed by atoms with E-state index in [4.69, 9.17) is 11.6 Å². The molecule has 74 valence electrons. The predicted octanol–water partition coefficient (Wildman–Crippen LogP) is 3.44. The lowest BCUT2D eigenvalue weighted by atomic mass is 10.2. The molecule has 0 bridgehead atoms. The summed E-state index contributed by atoms with van der Waals surface area (Å²) in [5.74, 6) is 0. The Hall–Kier alpha value is -0.533. The highest BCUT2D eigenvalue weighted by Gasteiger charge is 2.15. The Morgan fingerprint density at radius 1 is 1.29 bits per heavy atom. The molecule has 14 heavy (non-hydrogen) atoms. The fourth-order valence-corrected chi connectivity index (χ4v) is 2.83. The van der Waals surface area contributed by atoms with E-state index < -0.39 is 0 Å². The van der Waals surface area contributed by atoms with Crippen molar-refractivity contribution in [2.24, 2.45) is 0 Å². The summed E-state index contributed by atoms with van der Waals surface area (Å²) in [5, 5.41) is 2.25. The summed E-state index contributed by atoms with van der Waals surface area (Å²) in [5.41, 5.74) is 1.09. The van der Waals surface area contributed by atoms with Crippen LogP contribution in [0, 0.1) is 0 Å². The fourth-order valence-electron chi connectivity index (χ4n) is 1.23. The molecule has 0 amide bonds. The SMILES string of the molecule is C=C(Cl)c1ccccc1[Si]C(C)(C)C. The van der Waals surface area contributed by atoms with E-state index in [1.165, 1.54) is 5.19 Å². The van der Waals surface area contributed by atoms with Gasteiger partial charge in [-0.25, -0.2) is 0 Å². The summed E-state index contributed by atoms with van der Waals surface area (Å²) < 4.78 is 0. The van der Waals surface area contributed by atoms with Gasteiger partial charge in [0.25, 0.3) is 0 Å². The lowest BCUT2D eigenvalue weighted by Gasteiger charge is -2.18. The molecule has 0 atom stereocenters. The van der Waals surface area contributed by atoms with Crippen molar-refractivity contribution in [1.29, 1.82) is 0 Å². The van der Waals surface area contributed by atoms with Crippen LogP contribution in [0.5, 0.6) is 0 Å². The minimum Gasteiger partial charge on any atom is -0.0843 e. The molecule has 0 aliphatic carbocycles. The van der Waals surface area contributed by atoms with Crippen LogP contribution in [0.15, 0.2) is 30.8 Å². The van der Waals surface area contributed by atoms with Crippen molar-refractivity contribution in [3.8, 4) is 0 Å². The van der Waals surface area contributed by atoms with Gasteiger partial charge < -0.3 is 0 Å². The van der Waals surface area contributed by atoms with Crippen molar-refractivity contribution in [3.05, 3.63) is 36.4 Å². The van der Waals surface area contributed by atoms with Gasteiger partial charge in [0.15, 0.2) is 0 Å². The van der Waals surface area contributed by atoms with E-state index in [2.05, 4.69) is 39.5 Å². The molecule has 2 heteroatoms. The van der Waals surface area contributed by atoms with Crippen molar-refractivity contribution in [3.63, 3.8) is 0 Å². The topological polar surface area (TPSA) is 0 Å². The molecule has 0 aliphatic rings. The Bertz CT molecular complexity index is 336. The van der Waals surface area contributed by atoms with Crippen LogP contribution < -0.4 is 5.19 Å². The Balaban J connectivity index is 3.02. The lowest BCUT2D eigenvalue weighted by molar-refractivity contribution is 0.759. The molecule has 1 aromatic rings. The Morgan fingerprint density at radius 2 is 1.86 bits per heavy atom. The second-order valence-corrected chi connectivity index (χ2v) is 7.07. The summed E-state index contributed by atoms with van der Waals surface area (Å²) in [4.78, 5) is 0. The van der Waals surface area contributed by atoms with E-state index in [0.717, 1.165) is 15.1 Å². The van der Waals surface area contributed by atoms with Gasteiger partial charge in [-0.15, -0.1) is 0 Å². The molecular weight excluding hydrogens is 208 g/mol. The molecule has 1 aromatic carbocycles. The number of hydrogen-bond donors (Lipinski definition) is 0. The zero-order chi connectivity index (χ0) is 10.8. The summed E-state index contributed by atoms with van der Waals surface area (Å²) in [6.45, 7) is 10.5. The first-order valence-corrected chi connectivity index (χ1v) is 6.00. The zero-order valence-corrected chi connectivity index (χ0v) is 10.7. The maximum atomic E-state index is 5.95. The van der Waals surface area contributed by atoms with E-state index in [1.807, 2.05) is 12.1 Å². The average molecular weight is 223 g/mol. The highest BCUT2D eigenvalue weighted by atomic mass is 35.5. The Labute approximate surface area is 93.8 Å². The first-order chi connectivity index (χ1) is 6.40. The first-order valence-electron chi connectivity index (χ1n) is 4.62. The Kier molecular flexibility index (Phi) is 3.57. The van der Waals surface area contributed by atoms with E-state index in [1.54, 1.807) is 0 Å². The third-order valence-electron chi connectivity index (χ3n) is 1.73. The predicted molar refractivity (Wildman–Crippen MR) is 66.4 cm³/mol. The van der Waals surface area contributed by atoms with Crippen LogP contribution in [0.3, 0.4) is 0 Å². The van der Waals surface area contributed by atoms with Crippen LogP contribution in [0.2, 0.25) is 5.04 Å². The maximum Gasteiger partial charge on any atom is 0.0877 e. The van der Waals surface area contributed by atoms with Gasteiger partial charge in [0, 0.05) is 5.03 Å². The molecule has 0 aromatic heterocycles. The van der Waals surface area contributed by atoms with Crippen LogP contribution in [0.1, 0.15) is 26.3 Å². The van der Waals surface area contributed by atoms with Crippen molar-refractivity contribution in [2.75, 3.05) is 0 Å². The molecule has 0 N–H and O–H groups in total. The molecule has 0 spiro atoms. The molecule has 0 nitrogen and oxygen atoms in total. The molecule has 2 radical (unpaired) electrons. The third-order valence-corrected chi connectivity index (χ3v) is 3.39. The van der Waals surface area contributed by atoms with Gasteiger partial charge in [0.1, 0.15) is 0 Å². The minimum absolute atomic E-state index is 0.308. The molecule has 0 saturated heterocycles. The van der Waals surface area contributed by atoms with Crippen molar-refractivity contribution in [2.45, 2.75) is 25.8 Å². The van der Waals surface area contributed by atoms with E-state index in [9.17, 15) is 0 Å². The van der Waals surface area contributed by atoms with Crippen LogP contribution in [0.25, 0.3) is 5.03 Å². The molecule has 0 saturated carbocycles. The molecule has 0 fully saturated rings. The molecule has 0 heterocycles. The van der Waals surface area contributed by atoms with Crippen LogP contribution in [-0.4, -0.2) is 9.52 Å². The highest BCUT2D eigenvalue weighted by molar-refractivity contribution is 6.60. The summed E-state index contributed by atoms with van der Waals surface area (Å²) in [7, 11) is 0.760. The second kappa shape index (κ2) is 4.33. The summed E-state index contributed by atoms with van der Waals surface area (Å²) in [6, 6.07) is 8.22. The van der Waals surface area contributed by atoms with Gasteiger partial charge in [-0.1, -0.05) is 68.4 Å². The van der Waals surface area contributed by atoms with Gasteiger partial charge in [0.2, 0.25) is 0 Å². The molecule has 0 aliphatic heterocycles. The molecular formula is C12H15ClSi. The number of halogens is 1. The Morgan fingerprint density at radius 3 is 2.36 bits per heavy atom. The average Bonchev–Trinajstić information content (AvgIpc) is 2.01. The summed E-state index contributed by atoms with van der Waals surface area (Å²) >= 11 is 5.95. The van der Waals surface area contributed by atoms with Crippen LogP contribution in [-0.2, 0) is 0 Å². The first kappa shape index (κ1) is 11.5. The maximum absolute atomic E-state index is 5.95. The minimum atomic E-state index is 0.308. The third kappa shape index (κ3) is 3.32. The van der Waals surface area contributed by atoms with Gasteiger partial charge in [-0.05, 0) is 10.6 Å². The van der Waals surface area contributed by atoms with Crippen LogP contribution >= 0.6 is 11.6 Å². The monoisotopic (exact) mass is 222 g/mol. The van der Waals surface area contributed by atoms with Crippen LogP contribution in [0.4, 0.5) is 0 Å². The summed E-state index contributed by atoms with van der Waals surface area (Å²) in [6.07, 6.45) is 0. The number of benzene rings is 1. The normalized spacial score (nSPS) is 11.4. The number of hydrogen-bond acceptors (Lipinski definition) is 0. The van der Waals surface area contributed by atoms with Crippen molar-refractivity contribution in [1.82, 2.24) is 0 Å². The largest absolute Gasteiger partial charge is 0.0877 e. The lowest BCUT2D eigenvalue weighted by Crippen LogP contribution is -2.25. The van der Waals surface area contributed by atoms with E-state index >= 15 is 0 Å². The quantitative estimate of drug-likeness (QED) is 0.673. The smallest absolute Gasteiger partial charge is 0.0843 e. The number of rotatable bonds is 2. The van der Waals surface area contributed by atoms with Crippen molar-refractivity contribution < 1.29 is 0 Å². The molecule has 1 rings (SSSR count). The standard InChI is InChI=1S/C12H15ClSi/c1-9(13)10-7-5-6-8-11(10)14-12(2,3)4/h5-8H,1H2,2-4H3. The fraction of sp³-hybridized carbons (Fsp3) is 0.333. The van der Waals surface area contributed by atoms with E-state index in [-0.39, 0.29) is 0 Å². The second-order valence-electron chi connectivity index (χ2n) is 4.33. The molecule has 0 unspecified atom stereocenters. The zero-order valence-electron chi connectivity index (χ0n) is 8.89. The van der Waals surface area contributed by atoms with Gasteiger partial charge in [0.05, 0.1) is 9.52 Å². The van der Waals surface area contributed by atoms with Crippen molar-refractivity contribution >= 4 is 31.3 Å². The van der Waals surface area contributed by atoms with Gasteiger partial charge >= 0.3 is 0 Å². The van der Waals surface area contributed by atoms with Gasteiger partial charge in [-0.2, -0.15) is 0 Å². The highest BCUT2D eigenvalue weighted by Crippen LogP contribution is 2.22.